The molecule has 0 saturated heterocycles. The molecule has 9 heteroatoms. The van der Waals surface area contributed by atoms with Gasteiger partial charge in [-0.15, -0.1) is 4.40 Å². The minimum Gasteiger partial charge on any atom is -0.481 e. The summed E-state index contributed by atoms with van der Waals surface area (Å²) in [4.78, 5) is 25.1. The summed E-state index contributed by atoms with van der Waals surface area (Å²) < 4.78 is 26.5. The van der Waals surface area contributed by atoms with E-state index in [0.29, 0.717) is 18.4 Å². The van der Waals surface area contributed by atoms with Crippen molar-refractivity contribution in [3.8, 4) is 0 Å². The summed E-state index contributed by atoms with van der Waals surface area (Å²) >= 11 is 0. The lowest BCUT2D eigenvalue weighted by Gasteiger charge is -2.27. The molecule has 23 heavy (non-hydrogen) atoms. The van der Waals surface area contributed by atoms with E-state index in [2.05, 4.69) is 9.71 Å². The van der Waals surface area contributed by atoms with Crippen molar-refractivity contribution in [3.63, 3.8) is 0 Å². The molecule has 1 aliphatic carbocycles. The molecule has 3 rings (SSSR count). The van der Waals surface area contributed by atoms with Crippen LogP contribution in [0.2, 0.25) is 0 Å². The Kier molecular flexibility index (Phi) is 3.97. The zero-order valence-electron chi connectivity index (χ0n) is 12.3. The van der Waals surface area contributed by atoms with Crippen molar-refractivity contribution in [3.05, 3.63) is 23.9 Å². The van der Waals surface area contributed by atoms with Crippen molar-refractivity contribution in [1.29, 1.82) is 0 Å². The van der Waals surface area contributed by atoms with Crippen LogP contribution in [0.1, 0.15) is 19.3 Å². The summed E-state index contributed by atoms with van der Waals surface area (Å²) in [5.74, 6) is -1.61. The Bertz CT molecular complexity index is 738. The highest BCUT2D eigenvalue weighted by molar-refractivity contribution is 7.90. The molecule has 1 amide bonds. The van der Waals surface area contributed by atoms with E-state index >= 15 is 0 Å². The Morgan fingerprint density at radius 3 is 2.83 bits per heavy atom. The van der Waals surface area contributed by atoms with Crippen molar-refractivity contribution in [1.82, 2.24) is 10.2 Å². The van der Waals surface area contributed by atoms with Gasteiger partial charge < -0.3 is 15.3 Å². The van der Waals surface area contributed by atoms with E-state index in [0.717, 1.165) is 6.42 Å². The maximum atomic E-state index is 12.3. The van der Waals surface area contributed by atoms with Crippen LogP contribution >= 0.6 is 0 Å². The van der Waals surface area contributed by atoms with Gasteiger partial charge in [-0.2, -0.15) is 0 Å². The highest BCUT2D eigenvalue weighted by Gasteiger charge is 2.34. The molecule has 8 nitrogen and oxygen atoms in total. The van der Waals surface area contributed by atoms with Gasteiger partial charge in [-0.3, -0.25) is 9.59 Å². The first-order valence-corrected chi connectivity index (χ1v) is 8.99. The summed E-state index contributed by atoms with van der Waals surface area (Å²) in [6, 6.07) is -0.369. The molecule has 0 unspecified atom stereocenters. The smallest absolute Gasteiger partial charge is 0.308 e. The number of hydrogen-bond donors (Lipinski definition) is 2. The fourth-order valence-electron chi connectivity index (χ4n) is 3.02. The molecule has 3 aliphatic rings. The van der Waals surface area contributed by atoms with Gasteiger partial charge in [0.05, 0.1) is 17.2 Å². The molecule has 0 spiro atoms. The van der Waals surface area contributed by atoms with E-state index in [4.69, 9.17) is 5.11 Å². The average Bonchev–Trinajstić information content (AvgIpc) is 2.94. The maximum Gasteiger partial charge on any atom is 0.308 e. The number of rotatable bonds is 3. The Hall–Kier alpha value is -2.16. The van der Waals surface area contributed by atoms with Gasteiger partial charge in [-0.1, -0.05) is 6.42 Å². The van der Waals surface area contributed by atoms with E-state index in [1.165, 1.54) is 12.2 Å². The van der Waals surface area contributed by atoms with Gasteiger partial charge in [0.25, 0.3) is 15.9 Å². The van der Waals surface area contributed by atoms with Crippen molar-refractivity contribution in [2.24, 2.45) is 10.3 Å². The molecule has 2 aliphatic heterocycles. The van der Waals surface area contributed by atoms with Crippen LogP contribution in [-0.2, 0) is 19.6 Å². The predicted octanol–water partition coefficient (Wildman–Crippen LogP) is -0.146. The molecule has 124 valence electrons. The number of fused-ring (bicyclic) bond motifs is 1. The van der Waals surface area contributed by atoms with Crippen LogP contribution in [-0.4, -0.2) is 54.5 Å². The van der Waals surface area contributed by atoms with E-state index in [-0.39, 0.29) is 30.1 Å². The van der Waals surface area contributed by atoms with Gasteiger partial charge in [0.15, 0.2) is 0 Å². The summed E-state index contributed by atoms with van der Waals surface area (Å²) in [6.45, 7) is 0.240. The molecule has 0 radical (unpaired) electrons. The Balaban J connectivity index is 1.71. The quantitative estimate of drug-likeness (QED) is 0.739. The number of nitrogens with one attached hydrogen (secondary N) is 1. The van der Waals surface area contributed by atoms with Crippen LogP contribution in [0.25, 0.3) is 0 Å². The second kappa shape index (κ2) is 5.80. The van der Waals surface area contributed by atoms with Crippen LogP contribution in [0.3, 0.4) is 0 Å². The standard InChI is InChI=1S/C14H17N3O5S/c18-13(15-11-3-1-2-10(11)14(19)20)9-4-5-12-16-23(21,22)7-6-17(12)8-9/h4-5,8,10-11H,1-3,6-7H2,(H,15,18)(H,19,20)/t10-,11+/m1/s1. The number of sulfonamides is 1. The molecule has 1 fully saturated rings. The van der Waals surface area contributed by atoms with E-state index in [1.807, 2.05) is 0 Å². The lowest BCUT2D eigenvalue weighted by atomic mass is 10.0. The third-order valence-electron chi connectivity index (χ3n) is 4.24. The number of amidine groups is 1. The molecule has 2 atom stereocenters. The summed E-state index contributed by atoms with van der Waals surface area (Å²) in [6.07, 6.45) is 6.51. The fourth-order valence-corrected chi connectivity index (χ4v) is 3.98. The van der Waals surface area contributed by atoms with Crippen LogP contribution in [0.15, 0.2) is 28.3 Å². The minimum atomic E-state index is -3.43. The third-order valence-corrected chi connectivity index (χ3v) is 5.40. The van der Waals surface area contributed by atoms with Crippen LogP contribution < -0.4 is 5.32 Å². The van der Waals surface area contributed by atoms with Crippen molar-refractivity contribution >= 4 is 27.7 Å². The van der Waals surface area contributed by atoms with E-state index in [9.17, 15) is 18.0 Å². The number of hydrogen-bond acceptors (Lipinski definition) is 5. The van der Waals surface area contributed by atoms with Gasteiger partial charge in [0.2, 0.25) is 0 Å². The van der Waals surface area contributed by atoms with Gasteiger partial charge in [-0.25, -0.2) is 8.42 Å². The number of carbonyl (C=O) groups is 2. The zero-order valence-corrected chi connectivity index (χ0v) is 13.1. The van der Waals surface area contributed by atoms with Crippen LogP contribution in [0, 0.1) is 5.92 Å². The maximum absolute atomic E-state index is 12.3. The Morgan fingerprint density at radius 2 is 2.09 bits per heavy atom. The first kappa shape index (κ1) is 15.7. The van der Waals surface area contributed by atoms with E-state index < -0.39 is 21.9 Å². The molecule has 0 aromatic heterocycles. The van der Waals surface area contributed by atoms with Crippen LogP contribution in [0.4, 0.5) is 0 Å². The van der Waals surface area contributed by atoms with Crippen molar-refractivity contribution in [2.75, 3.05) is 12.3 Å². The van der Waals surface area contributed by atoms with Gasteiger partial charge in [0, 0.05) is 18.8 Å². The second-order valence-corrected chi connectivity index (χ2v) is 7.56. The number of carboxylic acids is 1. The number of carboxylic acid groups (broad SMARTS) is 1. The molecular weight excluding hydrogens is 322 g/mol. The van der Waals surface area contributed by atoms with Crippen LogP contribution in [0.5, 0.6) is 0 Å². The number of amides is 1. The number of carbonyl (C=O) groups excluding carboxylic acids is 1. The Morgan fingerprint density at radius 1 is 1.30 bits per heavy atom. The average molecular weight is 339 g/mol. The first-order valence-electron chi connectivity index (χ1n) is 7.38. The summed E-state index contributed by atoms with van der Waals surface area (Å²) in [5, 5.41) is 11.9. The highest BCUT2D eigenvalue weighted by atomic mass is 32.2. The second-order valence-electron chi connectivity index (χ2n) is 5.80. The molecule has 0 aromatic rings. The SMILES string of the molecule is O=C(N[C@H]1CCC[C@H]1C(=O)O)C1=CN2CCS(=O)(=O)N=C2C=C1. The summed E-state index contributed by atoms with van der Waals surface area (Å²) in [5.41, 5.74) is 0.360. The molecule has 2 N–H and O–H groups in total. The zero-order chi connectivity index (χ0) is 16.6. The van der Waals surface area contributed by atoms with Crippen molar-refractivity contribution < 1.29 is 23.1 Å². The lowest BCUT2D eigenvalue weighted by molar-refractivity contribution is -0.142. The lowest BCUT2D eigenvalue weighted by Crippen LogP contribution is -2.42. The fraction of sp³-hybridized carbons (Fsp3) is 0.500. The summed E-state index contributed by atoms with van der Waals surface area (Å²) in [7, 11) is -3.43. The molecule has 0 aromatic carbocycles. The van der Waals surface area contributed by atoms with Gasteiger partial charge >= 0.3 is 5.97 Å². The molecule has 0 bridgehead atoms. The minimum absolute atomic E-state index is 0.0978. The number of nitrogens with zero attached hydrogens (tertiary/aromatic N) is 2. The third kappa shape index (κ3) is 3.29. The normalized spacial score (nSPS) is 28.6. The first-order chi connectivity index (χ1) is 10.9. The molecule has 1 saturated carbocycles. The van der Waals surface area contributed by atoms with Crippen molar-refractivity contribution in [2.45, 2.75) is 25.3 Å². The number of aliphatic carboxylic acids is 1. The predicted molar refractivity (Wildman–Crippen MR) is 82.1 cm³/mol. The monoisotopic (exact) mass is 339 g/mol. The van der Waals surface area contributed by atoms with E-state index in [1.54, 1.807) is 11.1 Å². The van der Waals surface area contributed by atoms with Gasteiger partial charge in [0.1, 0.15) is 5.84 Å². The van der Waals surface area contributed by atoms with Gasteiger partial charge in [-0.05, 0) is 25.0 Å². The molecule has 2 heterocycles. The topological polar surface area (TPSA) is 116 Å². The largest absolute Gasteiger partial charge is 0.481 e. The molecular formula is C14H17N3O5S. The highest BCUT2D eigenvalue weighted by Crippen LogP contribution is 2.26. The Labute approximate surface area is 133 Å².